The van der Waals surface area contributed by atoms with Crippen LogP contribution in [0.15, 0.2) is 52.4 Å². The van der Waals surface area contributed by atoms with Crippen molar-refractivity contribution >= 4 is 45.0 Å². The number of nitrogens with zero attached hydrogens (tertiary/aromatic N) is 1. The number of rotatable bonds is 5. The molecule has 0 saturated carbocycles. The van der Waals surface area contributed by atoms with Gasteiger partial charge in [-0.3, -0.25) is 14.5 Å². The molecule has 0 saturated heterocycles. The number of sulfonamides is 1. The third kappa shape index (κ3) is 4.57. The molecule has 2 aromatic rings. The second kappa shape index (κ2) is 8.22. The monoisotopic (exact) mass is 435 g/mol. The summed E-state index contributed by atoms with van der Waals surface area (Å²) in [5, 5.41) is 3.12. The van der Waals surface area contributed by atoms with E-state index in [1.807, 2.05) is 0 Å². The van der Waals surface area contributed by atoms with E-state index in [1.54, 1.807) is 43.3 Å². The molecule has 1 heterocycles. The lowest BCUT2D eigenvalue weighted by Gasteiger charge is -2.11. The molecule has 1 aliphatic heterocycles. The Morgan fingerprint density at radius 1 is 1.21 bits per heavy atom. The van der Waals surface area contributed by atoms with E-state index >= 15 is 0 Å². The quantitative estimate of drug-likeness (QED) is 0.699. The first-order valence-corrected chi connectivity index (χ1v) is 10.5. The number of hydrogen-bond donors (Lipinski definition) is 2. The Bertz CT molecular complexity index is 1110. The van der Waals surface area contributed by atoms with Crippen LogP contribution in [0.1, 0.15) is 18.1 Å². The lowest BCUT2D eigenvalue weighted by atomic mass is 10.2. The summed E-state index contributed by atoms with van der Waals surface area (Å²) in [5.41, 5.74) is 1.59. The summed E-state index contributed by atoms with van der Waals surface area (Å²) in [6.07, 6.45) is 0. The number of hydrogen-bond acceptors (Lipinski definition) is 6. The zero-order valence-corrected chi connectivity index (χ0v) is 17.2. The number of benzene rings is 2. The molecular formula is C19H18ClN3O5S. The van der Waals surface area contributed by atoms with E-state index in [0.29, 0.717) is 21.8 Å². The Morgan fingerprint density at radius 3 is 2.69 bits per heavy atom. The third-order valence-corrected chi connectivity index (χ3v) is 6.02. The van der Waals surface area contributed by atoms with E-state index < -0.39 is 34.5 Å². The number of amidine groups is 1. The smallest absolute Gasteiger partial charge is 0.331 e. The van der Waals surface area contributed by atoms with Crippen LogP contribution in [0.25, 0.3) is 0 Å². The normalized spacial score (nSPS) is 16.6. The highest BCUT2D eigenvalue weighted by Gasteiger charge is 2.31. The van der Waals surface area contributed by atoms with Crippen LogP contribution < -0.4 is 10.0 Å². The number of aliphatic imine (C=N–C) groups is 1. The molecule has 10 heteroatoms. The molecule has 0 aliphatic carbocycles. The third-order valence-electron chi connectivity index (χ3n) is 4.21. The fraction of sp³-hybridized carbons (Fsp3) is 0.211. The van der Waals surface area contributed by atoms with Gasteiger partial charge in [-0.2, -0.15) is 0 Å². The van der Waals surface area contributed by atoms with Gasteiger partial charge in [0.15, 0.2) is 6.61 Å². The Labute approximate surface area is 173 Å². The number of nitrogens with one attached hydrogen (secondary N) is 2. The van der Waals surface area contributed by atoms with Crippen molar-refractivity contribution in [3.63, 3.8) is 0 Å². The van der Waals surface area contributed by atoms with Gasteiger partial charge in [-0.15, -0.1) is 0 Å². The molecule has 1 atom stereocenters. The molecule has 0 unspecified atom stereocenters. The second-order valence-electron chi connectivity index (χ2n) is 6.32. The first kappa shape index (κ1) is 20.8. The van der Waals surface area contributed by atoms with Crippen molar-refractivity contribution in [2.24, 2.45) is 4.99 Å². The summed E-state index contributed by atoms with van der Waals surface area (Å²) in [5.74, 6) is -1.24. The Morgan fingerprint density at radius 2 is 1.93 bits per heavy atom. The molecule has 1 aliphatic rings. The minimum absolute atomic E-state index is 0.0593. The Kier molecular flexibility index (Phi) is 5.90. The van der Waals surface area contributed by atoms with Crippen LogP contribution in [0.4, 0.5) is 5.69 Å². The first-order valence-electron chi connectivity index (χ1n) is 8.60. The molecule has 1 amide bonds. The number of ether oxygens (including phenoxy) is 1. The molecule has 0 radical (unpaired) electrons. The molecule has 2 N–H and O–H groups in total. The SMILES string of the molecule is Cc1c(Cl)cccc1NC(=O)COC(=O)[C@@H](C)N=C1NS(=O)(=O)c2ccccc21. The molecule has 2 aromatic carbocycles. The molecule has 3 rings (SSSR count). The highest BCUT2D eigenvalue weighted by atomic mass is 35.5. The highest BCUT2D eigenvalue weighted by Crippen LogP contribution is 2.23. The topological polar surface area (TPSA) is 114 Å². The summed E-state index contributed by atoms with van der Waals surface area (Å²) in [7, 11) is -3.70. The fourth-order valence-electron chi connectivity index (χ4n) is 2.66. The minimum Gasteiger partial charge on any atom is -0.454 e. The van der Waals surface area contributed by atoms with Crippen LogP contribution >= 0.6 is 11.6 Å². The van der Waals surface area contributed by atoms with E-state index in [2.05, 4.69) is 15.0 Å². The average Bonchev–Trinajstić information content (AvgIpc) is 2.94. The summed E-state index contributed by atoms with van der Waals surface area (Å²) in [6, 6.07) is 10.4. The van der Waals surface area contributed by atoms with Gasteiger partial charge in [0.1, 0.15) is 11.9 Å². The van der Waals surface area contributed by atoms with Gasteiger partial charge in [0, 0.05) is 16.3 Å². The first-order chi connectivity index (χ1) is 13.7. The number of amides is 1. The Hall–Kier alpha value is -2.91. The Balaban J connectivity index is 1.62. The van der Waals surface area contributed by atoms with Crippen molar-refractivity contribution in [3.05, 3.63) is 58.6 Å². The lowest BCUT2D eigenvalue weighted by molar-refractivity contribution is -0.148. The maximum Gasteiger partial charge on any atom is 0.331 e. The largest absolute Gasteiger partial charge is 0.454 e. The van der Waals surface area contributed by atoms with Crippen molar-refractivity contribution < 1.29 is 22.7 Å². The molecule has 152 valence electrons. The zero-order valence-electron chi connectivity index (χ0n) is 15.6. The van der Waals surface area contributed by atoms with Crippen LogP contribution in [0.3, 0.4) is 0 Å². The number of carbonyl (C=O) groups is 2. The van der Waals surface area contributed by atoms with E-state index in [1.165, 1.54) is 13.0 Å². The maximum atomic E-state index is 12.2. The maximum absolute atomic E-state index is 12.2. The minimum atomic E-state index is -3.70. The summed E-state index contributed by atoms with van der Waals surface area (Å²) >= 11 is 6.00. The predicted octanol–water partition coefficient (Wildman–Crippen LogP) is 2.26. The van der Waals surface area contributed by atoms with E-state index in [9.17, 15) is 18.0 Å². The van der Waals surface area contributed by atoms with Gasteiger partial charge in [0.2, 0.25) is 0 Å². The molecule has 0 spiro atoms. The van der Waals surface area contributed by atoms with Crippen LogP contribution in [0.2, 0.25) is 5.02 Å². The van der Waals surface area contributed by atoms with Crippen molar-refractivity contribution in [1.82, 2.24) is 4.72 Å². The van der Waals surface area contributed by atoms with Crippen LogP contribution in [0.5, 0.6) is 0 Å². The molecular weight excluding hydrogens is 418 g/mol. The summed E-state index contributed by atoms with van der Waals surface area (Å²) in [4.78, 5) is 28.4. The number of halogens is 1. The zero-order chi connectivity index (χ0) is 21.2. The van der Waals surface area contributed by atoms with Gasteiger partial charge in [-0.1, -0.05) is 29.8 Å². The standard InChI is InChI=1S/C19H18ClN3O5S/c1-11-14(20)7-5-8-15(11)22-17(24)10-28-19(25)12(2)21-18-13-6-3-4-9-16(13)29(26,27)23-18/h3-9,12H,10H2,1-2H3,(H,21,23)(H,22,24)/t12-/m1/s1. The summed E-state index contributed by atoms with van der Waals surface area (Å²) < 4.78 is 31.5. The molecule has 0 fully saturated rings. The number of carbonyl (C=O) groups excluding carboxylic acids is 2. The lowest BCUT2D eigenvalue weighted by Crippen LogP contribution is -2.29. The molecule has 0 bridgehead atoms. The van der Waals surface area contributed by atoms with Crippen molar-refractivity contribution in [2.75, 3.05) is 11.9 Å². The van der Waals surface area contributed by atoms with Crippen LogP contribution in [0, 0.1) is 6.92 Å². The second-order valence-corrected chi connectivity index (χ2v) is 8.38. The average molecular weight is 436 g/mol. The van der Waals surface area contributed by atoms with E-state index in [-0.39, 0.29) is 10.7 Å². The van der Waals surface area contributed by atoms with E-state index in [0.717, 1.165) is 0 Å². The van der Waals surface area contributed by atoms with Gasteiger partial charge in [-0.05, 0) is 43.7 Å². The van der Waals surface area contributed by atoms with Crippen LogP contribution in [-0.4, -0.2) is 38.8 Å². The van der Waals surface area contributed by atoms with Gasteiger partial charge in [0.05, 0.1) is 4.90 Å². The predicted molar refractivity (Wildman–Crippen MR) is 109 cm³/mol. The van der Waals surface area contributed by atoms with Gasteiger partial charge in [-0.25, -0.2) is 13.2 Å². The number of esters is 1. The highest BCUT2D eigenvalue weighted by molar-refractivity contribution is 7.90. The van der Waals surface area contributed by atoms with E-state index in [4.69, 9.17) is 16.3 Å². The summed E-state index contributed by atoms with van der Waals surface area (Å²) in [6.45, 7) is 2.69. The number of fused-ring (bicyclic) bond motifs is 1. The van der Waals surface area contributed by atoms with Crippen molar-refractivity contribution in [1.29, 1.82) is 0 Å². The van der Waals surface area contributed by atoms with Gasteiger partial charge in [0.25, 0.3) is 15.9 Å². The molecule has 0 aromatic heterocycles. The van der Waals surface area contributed by atoms with Crippen molar-refractivity contribution in [2.45, 2.75) is 24.8 Å². The van der Waals surface area contributed by atoms with Crippen LogP contribution in [-0.2, 0) is 24.3 Å². The van der Waals surface area contributed by atoms with Gasteiger partial charge >= 0.3 is 5.97 Å². The molecule has 8 nitrogen and oxygen atoms in total. The number of anilines is 1. The van der Waals surface area contributed by atoms with Crippen molar-refractivity contribution in [3.8, 4) is 0 Å². The molecule has 29 heavy (non-hydrogen) atoms. The fourth-order valence-corrected chi connectivity index (χ4v) is 4.08. The van der Waals surface area contributed by atoms with Gasteiger partial charge < -0.3 is 10.1 Å².